The standard InChI is InChI=1S/C15H21BrN2O4/c1-14(2,3)22-12(19)9-20-15(6-8-21-18-10-15)11-5-4-7-17-13(11)16/h4-5,7,18H,6,8-10H2,1-3H3. The number of esters is 1. The quantitative estimate of drug-likeness (QED) is 0.645. The first-order chi connectivity index (χ1) is 10.3. The molecule has 1 aliphatic heterocycles. The third-order valence-electron chi connectivity index (χ3n) is 3.20. The van der Waals surface area contributed by atoms with Gasteiger partial charge in [0.1, 0.15) is 22.4 Å². The molecule has 6 nitrogen and oxygen atoms in total. The number of rotatable bonds is 4. The summed E-state index contributed by atoms with van der Waals surface area (Å²) in [4.78, 5) is 21.4. The first-order valence-corrected chi connectivity index (χ1v) is 7.93. The molecule has 1 aliphatic rings. The van der Waals surface area contributed by atoms with Crippen molar-refractivity contribution >= 4 is 21.9 Å². The number of hydroxylamine groups is 1. The van der Waals surface area contributed by atoms with Crippen LogP contribution >= 0.6 is 15.9 Å². The fourth-order valence-corrected chi connectivity index (χ4v) is 2.88. The Morgan fingerprint density at radius 2 is 2.32 bits per heavy atom. The minimum atomic E-state index is -0.678. The Morgan fingerprint density at radius 3 is 2.91 bits per heavy atom. The Balaban J connectivity index is 2.13. The summed E-state index contributed by atoms with van der Waals surface area (Å²) < 4.78 is 12.0. The molecule has 1 fully saturated rings. The molecule has 1 atom stereocenters. The van der Waals surface area contributed by atoms with Crippen LogP contribution in [0.4, 0.5) is 0 Å². The Labute approximate surface area is 138 Å². The highest BCUT2D eigenvalue weighted by molar-refractivity contribution is 9.10. The van der Waals surface area contributed by atoms with E-state index < -0.39 is 17.2 Å². The van der Waals surface area contributed by atoms with Gasteiger partial charge in [-0.3, -0.25) is 0 Å². The predicted molar refractivity (Wildman–Crippen MR) is 84.0 cm³/mol. The first kappa shape index (κ1) is 17.3. The lowest BCUT2D eigenvalue weighted by Gasteiger charge is -2.37. The fraction of sp³-hybridized carbons (Fsp3) is 0.600. The Hall–Kier alpha value is -1.02. The van der Waals surface area contributed by atoms with Crippen LogP contribution in [0.2, 0.25) is 0 Å². The predicted octanol–water partition coefficient (Wildman–Crippen LogP) is 2.32. The normalized spacial score (nSPS) is 22.4. The summed E-state index contributed by atoms with van der Waals surface area (Å²) in [7, 11) is 0. The molecular weight excluding hydrogens is 352 g/mol. The van der Waals surface area contributed by atoms with Crippen molar-refractivity contribution in [3.63, 3.8) is 0 Å². The molecule has 2 rings (SSSR count). The minimum Gasteiger partial charge on any atom is -0.458 e. The van der Waals surface area contributed by atoms with Crippen LogP contribution in [0.25, 0.3) is 0 Å². The van der Waals surface area contributed by atoms with Gasteiger partial charge >= 0.3 is 5.97 Å². The van der Waals surface area contributed by atoms with E-state index in [1.807, 2.05) is 32.9 Å². The van der Waals surface area contributed by atoms with Crippen LogP contribution in [0.1, 0.15) is 32.8 Å². The average Bonchev–Trinajstić information content (AvgIpc) is 2.45. The molecule has 0 spiro atoms. The van der Waals surface area contributed by atoms with Gasteiger partial charge in [0.15, 0.2) is 0 Å². The molecule has 0 aromatic carbocycles. The smallest absolute Gasteiger partial charge is 0.332 e. The number of aromatic nitrogens is 1. The molecule has 0 aliphatic carbocycles. The maximum atomic E-state index is 11.9. The van der Waals surface area contributed by atoms with E-state index in [1.54, 1.807) is 6.20 Å². The van der Waals surface area contributed by atoms with Gasteiger partial charge in [-0.1, -0.05) is 6.07 Å². The van der Waals surface area contributed by atoms with E-state index in [4.69, 9.17) is 14.3 Å². The molecule has 2 heterocycles. The summed E-state index contributed by atoms with van der Waals surface area (Å²) >= 11 is 3.45. The van der Waals surface area contributed by atoms with Crippen molar-refractivity contribution in [3.8, 4) is 0 Å². The van der Waals surface area contributed by atoms with Crippen LogP contribution in [0, 0.1) is 0 Å². The van der Waals surface area contributed by atoms with Crippen molar-refractivity contribution in [2.24, 2.45) is 0 Å². The summed E-state index contributed by atoms with van der Waals surface area (Å²) in [6.07, 6.45) is 2.31. The molecule has 0 amide bonds. The highest BCUT2D eigenvalue weighted by atomic mass is 79.9. The van der Waals surface area contributed by atoms with Crippen LogP contribution in [-0.4, -0.2) is 36.3 Å². The summed E-state index contributed by atoms with van der Waals surface area (Å²) in [6, 6.07) is 3.77. The first-order valence-electron chi connectivity index (χ1n) is 7.14. The third kappa shape index (κ3) is 4.49. The number of ether oxygens (including phenoxy) is 2. The van der Waals surface area contributed by atoms with Gasteiger partial charge in [0.25, 0.3) is 0 Å². The summed E-state index contributed by atoms with van der Waals surface area (Å²) in [5.41, 5.74) is 2.52. The van der Waals surface area contributed by atoms with E-state index in [0.717, 1.165) is 5.56 Å². The lowest BCUT2D eigenvalue weighted by molar-refractivity contribution is -0.178. The number of carbonyl (C=O) groups excluding carboxylic acids is 1. The number of carbonyl (C=O) groups is 1. The molecule has 1 aromatic rings. The molecule has 1 saturated heterocycles. The zero-order valence-corrected chi connectivity index (χ0v) is 14.6. The van der Waals surface area contributed by atoms with Crippen molar-refractivity contribution in [1.82, 2.24) is 10.5 Å². The number of hydrogen-bond donors (Lipinski definition) is 1. The van der Waals surface area contributed by atoms with Crippen LogP contribution in [0.3, 0.4) is 0 Å². The van der Waals surface area contributed by atoms with Gasteiger partial charge in [0.2, 0.25) is 0 Å². The molecular formula is C15H21BrN2O4. The molecule has 22 heavy (non-hydrogen) atoms. The van der Waals surface area contributed by atoms with Gasteiger partial charge in [-0.25, -0.2) is 9.78 Å². The highest BCUT2D eigenvalue weighted by Gasteiger charge is 2.38. The second kappa shape index (κ2) is 7.04. The summed E-state index contributed by atoms with van der Waals surface area (Å²) in [6.45, 7) is 6.27. The van der Waals surface area contributed by atoms with E-state index >= 15 is 0 Å². The van der Waals surface area contributed by atoms with E-state index in [2.05, 4.69) is 26.4 Å². The van der Waals surface area contributed by atoms with Gasteiger partial charge in [0, 0.05) is 18.2 Å². The third-order valence-corrected chi connectivity index (χ3v) is 3.84. The van der Waals surface area contributed by atoms with Crippen LogP contribution in [-0.2, 0) is 24.7 Å². The molecule has 1 N–H and O–H groups in total. The van der Waals surface area contributed by atoms with E-state index in [9.17, 15) is 4.79 Å². The van der Waals surface area contributed by atoms with Crippen LogP contribution in [0.15, 0.2) is 22.9 Å². The molecule has 1 unspecified atom stereocenters. The number of nitrogens with zero attached hydrogens (tertiary/aromatic N) is 1. The Kier molecular flexibility index (Phi) is 5.55. The van der Waals surface area contributed by atoms with Crippen molar-refractivity contribution in [2.75, 3.05) is 19.8 Å². The van der Waals surface area contributed by atoms with Crippen molar-refractivity contribution in [3.05, 3.63) is 28.5 Å². The largest absolute Gasteiger partial charge is 0.458 e. The van der Waals surface area contributed by atoms with Crippen molar-refractivity contribution < 1.29 is 19.1 Å². The fourth-order valence-electron chi connectivity index (χ4n) is 2.27. The van der Waals surface area contributed by atoms with E-state index in [1.165, 1.54) is 0 Å². The Morgan fingerprint density at radius 1 is 1.55 bits per heavy atom. The zero-order chi connectivity index (χ0) is 16.2. The molecule has 0 bridgehead atoms. The average molecular weight is 373 g/mol. The number of halogens is 1. The second-order valence-electron chi connectivity index (χ2n) is 6.13. The topological polar surface area (TPSA) is 69.7 Å². The molecule has 0 saturated carbocycles. The van der Waals surface area contributed by atoms with Crippen molar-refractivity contribution in [2.45, 2.75) is 38.4 Å². The zero-order valence-electron chi connectivity index (χ0n) is 13.0. The molecule has 0 radical (unpaired) electrons. The lowest BCUT2D eigenvalue weighted by Crippen LogP contribution is -2.47. The lowest BCUT2D eigenvalue weighted by atomic mass is 9.91. The van der Waals surface area contributed by atoms with E-state index in [0.29, 0.717) is 24.2 Å². The second-order valence-corrected chi connectivity index (χ2v) is 6.88. The molecule has 1 aromatic heterocycles. The van der Waals surface area contributed by atoms with Gasteiger partial charge in [-0.15, -0.1) is 0 Å². The number of pyridine rings is 1. The Bertz CT molecular complexity index is 525. The van der Waals surface area contributed by atoms with Gasteiger partial charge in [0.05, 0.1) is 13.2 Å². The monoisotopic (exact) mass is 372 g/mol. The van der Waals surface area contributed by atoms with Crippen LogP contribution in [0.5, 0.6) is 0 Å². The molecule has 7 heteroatoms. The van der Waals surface area contributed by atoms with Crippen molar-refractivity contribution in [1.29, 1.82) is 0 Å². The maximum absolute atomic E-state index is 11.9. The minimum absolute atomic E-state index is 0.125. The summed E-state index contributed by atoms with van der Waals surface area (Å²) in [5, 5.41) is 0. The van der Waals surface area contributed by atoms with E-state index in [-0.39, 0.29) is 6.61 Å². The maximum Gasteiger partial charge on any atom is 0.332 e. The highest BCUT2D eigenvalue weighted by Crippen LogP contribution is 2.35. The van der Waals surface area contributed by atoms with Gasteiger partial charge in [-0.2, -0.15) is 5.48 Å². The van der Waals surface area contributed by atoms with Gasteiger partial charge in [-0.05, 0) is 42.8 Å². The molecule has 122 valence electrons. The van der Waals surface area contributed by atoms with Crippen LogP contribution < -0.4 is 5.48 Å². The SMILES string of the molecule is CC(C)(C)OC(=O)COC1(c2cccnc2Br)CCONC1. The number of hydrogen-bond acceptors (Lipinski definition) is 6. The number of nitrogens with one attached hydrogen (secondary N) is 1. The van der Waals surface area contributed by atoms with Gasteiger partial charge < -0.3 is 14.3 Å². The summed E-state index contributed by atoms with van der Waals surface area (Å²) in [5.74, 6) is -0.390.